The van der Waals surface area contributed by atoms with E-state index in [1.165, 1.54) is 0 Å². The molecule has 2 aromatic carbocycles. The van der Waals surface area contributed by atoms with Gasteiger partial charge in [-0.15, -0.1) is 0 Å². The molecule has 104 valence electrons. The van der Waals surface area contributed by atoms with Gasteiger partial charge in [0.1, 0.15) is 11.0 Å². The lowest BCUT2D eigenvalue weighted by Crippen LogP contribution is -2.00. The molecule has 3 aromatic rings. The van der Waals surface area contributed by atoms with E-state index < -0.39 is 0 Å². The van der Waals surface area contributed by atoms with Crippen molar-refractivity contribution >= 4 is 29.1 Å². The SMILES string of the molecule is Nc1nc(Cl)cc(Nc2ccccc2-c2ccccc2)n1. The van der Waals surface area contributed by atoms with Crippen LogP contribution < -0.4 is 11.1 Å². The average molecular weight is 297 g/mol. The molecule has 0 aliphatic carbocycles. The topological polar surface area (TPSA) is 63.8 Å². The van der Waals surface area contributed by atoms with Crippen molar-refractivity contribution in [1.29, 1.82) is 0 Å². The summed E-state index contributed by atoms with van der Waals surface area (Å²) in [7, 11) is 0. The van der Waals surface area contributed by atoms with E-state index in [9.17, 15) is 0 Å². The number of nitrogens with two attached hydrogens (primary N) is 1. The van der Waals surface area contributed by atoms with E-state index >= 15 is 0 Å². The van der Waals surface area contributed by atoms with Crippen molar-refractivity contribution in [2.75, 3.05) is 11.1 Å². The third-order valence-electron chi connectivity index (χ3n) is 2.99. The van der Waals surface area contributed by atoms with Crippen molar-refractivity contribution in [3.63, 3.8) is 0 Å². The summed E-state index contributed by atoms with van der Waals surface area (Å²) in [5.74, 6) is 0.707. The van der Waals surface area contributed by atoms with Gasteiger partial charge in [-0.3, -0.25) is 0 Å². The number of rotatable bonds is 3. The molecule has 0 amide bonds. The lowest BCUT2D eigenvalue weighted by molar-refractivity contribution is 1.18. The molecule has 3 rings (SSSR count). The Balaban J connectivity index is 2.00. The Bertz CT molecular complexity index is 739. The van der Waals surface area contributed by atoms with Gasteiger partial charge in [0.2, 0.25) is 5.95 Å². The number of aromatic nitrogens is 2. The normalized spacial score (nSPS) is 10.3. The van der Waals surface area contributed by atoms with E-state index in [4.69, 9.17) is 17.3 Å². The molecule has 0 bridgehead atoms. The van der Waals surface area contributed by atoms with E-state index in [1.54, 1.807) is 6.07 Å². The molecule has 4 nitrogen and oxygen atoms in total. The molecule has 0 saturated carbocycles. The standard InChI is InChI=1S/C16H13ClN4/c17-14-10-15(21-16(18)20-14)19-13-9-5-4-8-12(13)11-6-2-1-3-7-11/h1-10H,(H3,18,19,20,21). The van der Waals surface area contributed by atoms with E-state index in [0.29, 0.717) is 11.0 Å². The molecule has 0 fully saturated rings. The smallest absolute Gasteiger partial charge is 0.223 e. The fourth-order valence-corrected chi connectivity index (χ4v) is 2.29. The molecular formula is C16H13ClN4. The molecule has 0 unspecified atom stereocenters. The highest BCUT2D eigenvalue weighted by Gasteiger charge is 2.06. The zero-order chi connectivity index (χ0) is 14.7. The molecule has 3 N–H and O–H groups in total. The predicted molar refractivity (Wildman–Crippen MR) is 86.6 cm³/mol. The summed E-state index contributed by atoms with van der Waals surface area (Å²) in [4.78, 5) is 7.98. The highest BCUT2D eigenvalue weighted by atomic mass is 35.5. The monoisotopic (exact) mass is 296 g/mol. The summed E-state index contributed by atoms with van der Waals surface area (Å²) in [5.41, 5.74) is 8.74. The number of hydrogen-bond acceptors (Lipinski definition) is 4. The van der Waals surface area contributed by atoms with Crippen molar-refractivity contribution < 1.29 is 0 Å². The Hall–Kier alpha value is -2.59. The Morgan fingerprint density at radius 1 is 0.905 bits per heavy atom. The molecular weight excluding hydrogens is 284 g/mol. The van der Waals surface area contributed by atoms with E-state index in [1.807, 2.05) is 42.5 Å². The first-order chi connectivity index (χ1) is 10.2. The minimum Gasteiger partial charge on any atom is -0.368 e. The van der Waals surface area contributed by atoms with Gasteiger partial charge in [0.15, 0.2) is 0 Å². The number of nitrogens with zero attached hydrogens (tertiary/aromatic N) is 2. The maximum Gasteiger partial charge on any atom is 0.223 e. The minimum atomic E-state index is 0.141. The Morgan fingerprint density at radius 3 is 2.38 bits per heavy atom. The van der Waals surface area contributed by atoms with Gasteiger partial charge in [-0.2, -0.15) is 4.98 Å². The molecule has 1 heterocycles. The van der Waals surface area contributed by atoms with Crippen LogP contribution in [0.1, 0.15) is 0 Å². The van der Waals surface area contributed by atoms with Crippen LogP contribution >= 0.6 is 11.6 Å². The van der Waals surface area contributed by atoms with Crippen molar-refractivity contribution in [2.45, 2.75) is 0 Å². The van der Waals surface area contributed by atoms with Crippen LogP contribution in [-0.4, -0.2) is 9.97 Å². The summed E-state index contributed by atoms with van der Waals surface area (Å²) in [6.45, 7) is 0. The molecule has 0 radical (unpaired) electrons. The van der Waals surface area contributed by atoms with E-state index in [2.05, 4.69) is 27.4 Å². The van der Waals surface area contributed by atoms with Crippen LogP contribution in [0.5, 0.6) is 0 Å². The van der Waals surface area contributed by atoms with E-state index in [-0.39, 0.29) is 5.95 Å². The Labute approximate surface area is 127 Å². The fourth-order valence-electron chi connectivity index (χ4n) is 2.10. The first-order valence-corrected chi connectivity index (χ1v) is 6.82. The molecule has 21 heavy (non-hydrogen) atoms. The number of nitrogen functional groups attached to an aromatic ring is 1. The van der Waals surface area contributed by atoms with Gasteiger partial charge in [0, 0.05) is 17.3 Å². The fraction of sp³-hybridized carbons (Fsp3) is 0. The van der Waals surface area contributed by atoms with Crippen LogP contribution in [0.3, 0.4) is 0 Å². The molecule has 0 atom stereocenters. The highest BCUT2D eigenvalue weighted by Crippen LogP contribution is 2.30. The zero-order valence-electron chi connectivity index (χ0n) is 11.1. The minimum absolute atomic E-state index is 0.141. The van der Waals surface area contributed by atoms with Gasteiger partial charge in [-0.05, 0) is 11.6 Å². The van der Waals surface area contributed by atoms with Gasteiger partial charge < -0.3 is 11.1 Å². The maximum absolute atomic E-state index is 5.90. The van der Waals surface area contributed by atoms with Gasteiger partial charge >= 0.3 is 0 Å². The van der Waals surface area contributed by atoms with Crippen LogP contribution in [0.2, 0.25) is 5.15 Å². The summed E-state index contributed by atoms with van der Waals surface area (Å²) in [6.07, 6.45) is 0. The quantitative estimate of drug-likeness (QED) is 0.714. The molecule has 0 saturated heterocycles. The zero-order valence-corrected chi connectivity index (χ0v) is 11.9. The third-order valence-corrected chi connectivity index (χ3v) is 3.18. The summed E-state index contributed by atoms with van der Waals surface area (Å²) in [6, 6.07) is 19.7. The second-order valence-electron chi connectivity index (χ2n) is 4.47. The van der Waals surface area contributed by atoms with Crippen molar-refractivity contribution in [3.8, 4) is 11.1 Å². The van der Waals surface area contributed by atoms with Gasteiger partial charge in [0.25, 0.3) is 0 Å². The number of nitrogens with one attached hydrogen (secondary N) is 1. The molecule has 0 aliphatic heterocycles. The number of halogens is 1. The van der Waals surface area contributed by atoms with Crippen LogP contribution in [0.4, 0.5) is 17.5 Å². The second-order valence-corrected chi connectivity index (χ2v) is 4.86. The lowest BCUT2D eigenvalue weighted by Gasteiger charge is -2.12. The number of benzene rings is 2. The molecule has 0 aliphatic rings. The van der Waals surface area contributed by atoms with Gasteiger partial charge in [0.05, 0.1) is 0 Å². The van der Waals surface area contributed by atoms with Gasteiger partial charge in [-0.25, -0.2) is 4.98 Å². The number of para-hydroxylation sites is 1. The van der Waals surface area contributed by atoms with Crippen molar-refractivity contribution in [3.05, 3.63) is 65.8 Å². The highest BCUT2D eigenvalue weighted by molar-refractivity contribution is 6.29. The number of hydrogen-bond donors (Lipinski definition) is 2. The molecule has 5 heteroatoms. The van der Waals surface area contributed by atoms with Gasteiger partial charge in [-0.1, -0.05) is 60.1 Å². The summed E-state index contributed by atoms with van der Waals surface area (Å²) < 4.78 is 0. The summed E-state index contributed by atoms with van der Waals surface area (Å²) >= 11 is 5.90. The van der Waals surface area contributed by atoms with Crippen molar-refractivity contribution in [2.24, 2.45) is 0 Å². The van der Waals surface area contributed by atoms with E-state index in [0.717, 1.165) is 16.8 Å². The Kier molecular flexibility index (Phi) is 3.71. The maximum atomic E-state index is 5.90. The molecule has 0 spiro atoms. The Morgan fingerprint density at radius 2 is 1.62 bits per heavy atom. The predicted octanol–water partition coefficient (Wildman–Crippen LogP) is 4.12. The third kappa shape index (κ3) is 3.12. The van der Waals surface area contributed by atoms with Crippen LogP contribution in [-0.2, 0) is 0 Å². The first-order valence-electron chi connectivity index (χ1n) is 6.44. The van der Waals surface area contributed by atoms with Crippen LogP contribution in [0, 0.1) is 0 Å². The lowest BCUT2D eigenvalue weighted by atomic mass is 10.0. The first kappa shape index (κ1) is 13.4. The largest absolute Gasteiger partial charge is 0.368 e. The molecule has 1 aromatic heterocycles. The van der Waals surface area contributed by atoms with Crippen LogP contribution in [0.25, 0.3) is 11.1 Å². The second kappa shape index (κ2) is 5.81. The summed E-state index contributed by atoms with van der Waals surface area (Å²) in [5, 5.41) is 3.54. The number of anilines is 3. The van der Waals surface area contributed by atoms with Crippen molar-refractivity contribution in [1.82, 2.24) is 9.97 Å². The average Bonchev–Trinajstić information content (AvgIpc) is 2.48. The van der Waals surface area contributed by atoms with Crippen LogP contribution in [0.15, 0.2) is 60.7 Å².